The fourth-order valence-corrected chi connectivity index (χ4v) is 2.30. The molecule has 1 amide bonds. The van der Waals surface area contributed by atoms with E-state index in [0.717, 1.165) is 18.4 Å². The van der Waals surface area contributed by atoms with Gasteiger partial charge in [-0.3, -0.25) is 4.79 Å². The van der Waals surface area contributed by atoms with Crippen LogP contribution in [0.5, 0.6) is 0 Å². The number of anilines is 1. The number of rotatable bonds is 7. The predicted molar refractivity (Wildman–Crippen MR) is 97.6 cm³/mol. The number of nitrogens with zero attached hydrogens (tertiary/aromatic N) is 2. The summed E-state index contributed by atoms with van der Waals surface area (Å²) in [6, 6.07) is 9.59. The van der Waals surface area contributed by atoms with E-state index in [1.165, 1.54) is 0 Å². The summed E-state index contributed by atoms with van der Waals surface area (Å²) in [6.07, 6.45) is 1.72. The largest absolute Gasteiger partial charge is 0.368 e. The third-order valence-electron chi connectivity index (χ3n) is 3.69. The number of halogens is 1. The van der Waals surface area contributed by atoms with Crippen molar-refractivity contribution in [1.82, 2.24) is 15.3 Å². The SMILES string of the molecule is CCC(C)Nc1cc(C(=O)NCCc2ccc(Cl)cc2)nc(C)n1. The second kappa shape index (κ2) is 8.64. The van der Waals surface area contributed by atoms with Gasteiger partial charge in [-0.25, -0.2) is 9.97 Å². The van der Waals surface area contributed by atoms with Gasteiger partial charge in [0.1, 0.15) is 17.3 Å². The minimum Gasteiger partial charge on any atom is -0.368 e. The molecule has 0 radical (unpaired) electrons. The van der Waals surface area contributed by atoms with Crippen LogP contribution in [0, 0.1) is 6.92 Å². The Morgan fingerprint density at radius 1 is 1.25 bits per heavy atom. The number of hydrogen-bond donors (Lipinski definition) is 2. The van der Waals surface area contributed by atoms with E-state index >= 15 is 0 Å². The van der Waals surface area contributed by atoms with Crippen LogP contribution < -0.4 is 10.6 Å². The molecule has 128 valence electrons. The number of carbonyl (C=O) groups is 1. The van der Waals surface area contributed by atoms with Crippen LogP contribution in [-0.4, -0.2) is 28.5 Å². The summed E-state index contributed by atoms with van der Waals surface area (Å²) in [7, 11) is 0. The van der Waals surface area contributed by atoms with Gasteiger partial charge in [0.15, 0.2) is 0 Å². The molecule has 0 aliphatic heterocycles. The molecule has 5 nitrogen and oxygen atoms in total. The minimum atomic E-state index is -0.193. The highest BCUT2D eigenvalue weighted by Crippen LogP contribution is 2.11. The van der Waals surface area contributed by atoms with Crippen molar-refractivity contribution in [2.75, 3.05) is 11.9 Å². The zero-order valence-corrected chi connectivity index (χ0v) is 15.0. The van der Waals surface area contributed by atoms with Crippen LogP contribution in [0.1, 0.15) is 42.1 Å². The standard InChI is InChI=1S/C18H23ClN4O/c1-4-12(2)21-17-11-16(22-13(3)23-17)18(24)20-10-9-14-5-7-15(19)8-6-14/h5-8,11-12H,4,9-10H2,1-3H3,(H,20,24)(H,21,22,23). The molecule has 2 aromatic rings. The van der Waals surface area contributed by atoms with E-state index in [1.807, 2.05) is 24.3 Å². The molecule has 1 heterocycles. The summed E-state index contributed by atoms with van der Waals surface area (Å²) in [6.45, 7) is 6.49. The Morgan fingerprint density at radius 3 is 2.62 bits per heavy atom. The molecule has 0 aliphatic carbocycles. The summed E-state index contributed by atoms with van der Waals surface area (Å²) in [4.78, 5) is 20.8. The average molecular weight is 347 g/mol. The van der Waals surface area contributed by atoms with E-state index in [2.05, 4.69) is 34.4 Å². The van der Waals surface area contributed by atoms with Gasteiger partial charge in [0, 0.05) is 23.7 Å². The Kier molecular flexibility index (Phi) is 6.55. The number of carbonyl (C=O) groups excluding carboxylic acids is 1. The van der Waals surface area contributed by atoms with Gasteiger partial charge in [0.25, 0.3) is 5.91 Å². The van der Waals surface area contributed by atoms with Crippen molar-refractivity contribution in [2.45, 2.75) is 39.7 Å². The van der Waals surface area contributed by atoms with E-state index in [9.17, 15) is 4.79 Å². The van der Waals surface area contributed by atoms with Crippen molar-refractivity contribution in [3.05, 3.63) is 52.4 Å². The third kappa shape index (κ3) is 5.49. The number of hydrogen-bond acceptors (Lipinski definition) is 4. The lowest BCUT2D eigenvalue weighted by molar-refractivity contribution is 0.0949. The van der Waals surface area contributed by atoms with Crippen molar-refractivity contribution in [2.24, 2.45) is 0 Å². The smallest absolute Gasteiger partial charge is 0.270 e. The van der Waals surface area contributed by atoms with Gasteiger partial charge in [0.2, 0.25) is 0 Å². The molecule has 0 bridgehead atoms. The Hall–Kier alpha value is -2.14. The second-order valence-corrected chi connectivity index (χ2v) is 6.21. The quantitative estimate of drug-likeness (QED) is 0.803. The van der Waals surface area contributed by atoms with Crippen LogP contribution in [-0.2, 0) is 6.42 Å². The number of benzene rings is 1. The molecular formula is C18H23ClN4O. The first-order valence-corrected chi connectivity index (χ1v) is 8.50. The highest BCUT2D eigenvalue weighted by molar-refractivity contribution is 6.30. The van der Waals surface area contributed by atoms with E-state index in [-0.39, 0.29) is 5.91 Å². The number of nitrogens with one attached hydrogen (secondary N) is 2. The van der Waals surface area contributed by atoms with Gasteiger partial charge in [0.05, 0.1) is 0 Å². The topological polar surface area (TPSA) is 66.9 Å². The highest BCUT2D eigenvalue weighted by Gasteiger charge is 2.11. The average Bonchev–Trinajstić information content (AvgIpc) is 2.56. The highest BCUT2D eigenvalue weighted by atomic mass is 35.5. The van der Waals surface area contributed by atoms with Crippen LogP contribution in [0.4, 0.5) is 5.82 Å². The lowest BCUT2D eigenvalue weighted by atomic mass is 10.1. The van der Waals surface area contributed by atoms with Crippen LogP contribution in [0.15, 0.2) is 30.3 Å². The minimum absolute atomic E-state index is 0.193. The molecule has 0 spiro atoms. The van der Waals surface area contributed by atoms with Crippen molar-refractivity contribution in [1.29, 1.82) is 0 Å². The summed E-state index contributed by atoms with van der Waals surface area (Å²) in [5.41, 5.74) is 1.50. The predicted octanol–water partition coefficient (Wildman–Crippen LogP) is 3.62. The molecule has 6 heteroatoms. The number of amides is 1. The summed E-state index contributed by atoms with van der Waals surface area (Å²) < 4.78 is 0. The van der Waals surface area contributed by atoms with Crippen molar-refractivity contribution in [3.63, 3.8) is 0 Å². The van der Waals surface area contributed by atoms with Gasteiger partial charge in [-0.1, -0.05) is 30.7 Å². The summed E-state index contributed by atoms with van der Waals surface area (Å²) in [5.74, 6) is 1.06. The molecule has 2 N–H and O–H groups in total. The summed E-state index contributed by atoms with van der Waals surface area (Å²) in [5, 5.41) is 6.87. The van der Waals surface area contributed by atoms with Gasteiger partial charge < -0.3 is 10.6 Å². The first-order chi connectivity index (χ1) is 11.5. The van der Waals surface area contributed by atoms with Gasteiger partial charge in [-0.2, -0.15) is 0 Å². The number of aryl methyl sites for hydroxylation is 1. The molecular weight excluding hydrogens is 324 g/mol. The zero-order valence-electron chi connectivity index (χ0n) is 14.3. The maximum absolute atomic E-state index is 12.3. The second-order valence-electron chi connectivity index (χ2n) is 5.77. The molecule has 0 aliphatic rings. The summed E-state index contributed by atoms with van der Waals surface area (Å²) >= 11 is 5.86. The van der Waals surface area contributed by atoms with Gasteiger partial charge in [-0.05, 0) is 44.4 Å². The molecule has 1 aromatic carbocycles. The van der Waals surface area contributed by atoms with Crippen molar-refractivity contribution in [3.8, 4) is 0 Å². The monoisotopic (exact) mass is 346 g/mol. The molecule has 0 saturated carbocycles. The Labute approximate surface area is 147 Å². The molecule has 24 heavy (non-hydrogen) atoms. The van der Waals surface area contributed by atoms with Crippen LogP contribution in [0.25, 0.3) is 0 Å². The molecule has 2 rings (SSSR count). The van der Waals surface area contributed by atoms with E-state index < -0.39 is 0 Å². The molecule has 0 saturated heterocycles. The Bertz CT molecular complexity index is 688. The normalized spacial score (nSPS) is 11.8. The fraction of sp³-hybridized carbons (Fsp3) is 0.389. The van der Waals surface area contributed by atoms with Gasteiger partial charge in [-0.15, -0.1) is 0 Å². The Morgan fingerprint density at radius 2 is 1.96 bits per heavy atom. The molecule has 1 atom stereocenters. The van der Waals surface area contributed by atoms with E-state index in [0.29, 0.717) is 34.9 Å². The Balaban J connectivity index is 1.95. The zero-order chi connectivity index (χ0) is 17.5. The molecule has 1 unspecified atom stereocenters. The van der Waals surface area contributed by atoms with Crippen molar-refractivity contribution < 1.29 is 4.79 Å². The van der Waals surface area contributed by atoms with E-state index in [1.54, 1.807) is 13.0 Å². The number of aromatic nitrogens is 2. The fourth-order valence-electron chi connectivity index (χ4n) is 2.17. The molecule has 0 fully saturated rings. The van der Waals surface area contributed by atoms with Crippen molar-refractivity contribution >= 4 is 23.3 Å². The first-order valence-electron chi connectivity index (χ1n) is 8.12. The van der Waals surface area contributed by atoms with Crippen LogP contribution in [0.3, 0.4) is 0 Å². The van der Waals surface area contributed by atoms with Crippen LogP contribution in [0.2, 0.25) is 5.02 Å². The van der Waals surface area contributed by atoms with E-state index in [4.69, 9.17) is 11.6 Å². The lowest BCUT2D eigenvalue weighted by Crippen LogP contribution is -2.27. The first kappa shape index (κ1) is 18.2. The maximum atomic E-state index is 12.3. The van der Waals surface area contributed by atoms with Crippen LogP contribution >= 0.6 is 11.6 Å². The third-order valence-corrected chi connectivity index (χ3v) is 3.94. The molecule has 1 aromatic heterocycles. The lowest BCUT2D eigenvalue weighted by Gasteiger charge is -2.13. The maximum Gasteiger partial charge on any atom is 0.270 e. The van der Waals surface area contributed by atoms with Gasteiger partial charge >= 0.3 is 0 Å².